The molecule has 0 amide bonds. The Kier molecular flexibility index (Phi) is 1.83. The van der Waals surface area contributed by atoms with E-state index in [9.17, 15) is 4.79 Å². The number of esters is 1. The quantitative estimate of drug-likeness (QED) is 0.579. The van der Waals surface area contributed by atoms with Gasteiger partial charge in [0, 0.05) is 5.41 Å². The van der Waals surface area contributed by atoms with Crippen LogP contribution in [0.2, 0.25) is 0 Å². The minimum atomic E-state index is -0.0185. The van der Waals surface area contributed by atoms with Crippen LogP contribution in [-0.2, 0) is 14.3 Å². The van der Waals surface area contributed by atoms with E-state index in [1.54, 1.807) is 0 Å². The van der Waals surface area contributed by atoms with Crippen molar-refractivity contribution in [3.63, 3.8) is 0 Å². The summed E-state index contributed by atoms with van der Waals surface area (Å²) in [5.74, 6) is 0.142. The molecular formula is C9H14O3. The summed E-state index contributed by atoms with van der Waals surface area (Å²) in [5, 5.41) is 0. The first-order valence-electron chi connectivity index (χ1n) is 4.50. The maximum atomic E-state index is 11.2. The monoisotopic (exact) mass is 170 g/mol. The van der Waals surface area contributed by atoms with Gasteiger partial charge < -0.3 is 9.47 Å². The Morgan fingerprint density at radius 2 is 2.25 bits per heavy atom. The maximum absolute atomic E-state index is 11.2. The van der Waals surface area contributed by atoms with Gasteiger partial charge in [0.15, 0.2) is 0 Å². The van der Waals surface area contributed by atoms with Gasteiger partial charge >= 0.3 is 5.97 Å². The maximum Gasteiger partial charge on any atom is 0.308 e. The number of rotatable bonds is 2. The summed E-state index contributed by atoms with van der Waals surface area (Å²) in [6.07, 6.45) is 1.96. The smallest absolute Gasteiger partial charge is 0.308 e. The standard InChI is InChI=1S/C9H14O3/c1-2-12-8(10)7-3-9(4-7)5-11-6-9/h7H,2-6H2,1H3. The van der Waals surface area contributed by atoms with E-state index in [1.165, 1.54) is 0 Å². The molecule has 0 atom stereocenters. The van der Waals surface area contributed by atoms with E-state index in [4.69, 9.17) is 9.47 Å². The predicted molar refractivity (Wildman–Crippen MR) is 42.6 cm³/mol. The molecule has 0 radical (unpaired) electrons. The molecule has 2 fully saturated rings. The van der Waals surface area contributed by atoms with Crippen LogP contribution < -0.4 is 0 Å². The van der Waals surface area contributed by atoms with Crippen LogP contribution in [0.15, 0.2) is 0 Å². The Balaban J connectivity index is 1.76. The highest BCUT2D eigenvalue weighted by Gasteiger charge is 2.52. The summed E-state index contributed by atoms with van der Waals surface area (Å²) in [5.41, 5.74) is 0.372. The minimum Gasteiger partial charge on any atom is -0.466 e. The molecule has 0 N–H and O–H groups in total. The summed E-state index contributed by atoms with van der Waals surface area (Å²) in [6.45, 7) is 4.05. The highest BCUT2D eigenvalue weighted by Crippen LogP contribution is 2.50. The van der Waals surface area contributed by atoms with Crippen molar-refractivity contribution in [3.8, 4) is 0 Å². The molecule has 1 saturated carbocycles. The molecule has 68 valence electrons. The summed E-state index contributed by atoms with van der Waals surface area (Å²) in [7, 11) is 0. The average molecular weight is 170 g/mol. The van der Waals surface area contributed by atoms with E-state index < -0.39 is 0 Å². The van der Waals surface area contributed by atoms with Gasteiger partial charge in [0.1, 0.15) is 0 Å². The van der Waals surface area contributed by atoms with E-state index in [1.807, 2.05) is 6.92 Å². The Morgan fingerprint density at radius 3 is 2.67 bits per heavy atom. The Hall–Kier alpha value is -0.570. The Morgan fingerprint density at radius 1 is 1.58 bits per heavy atom. The molecule has 2 aliphatic rings. The normalized spacial score (nSPS) is 26.1. The van der Waals surface area contributed by atoms with Crippen LogP contribution in [0.1, 0.15) is 19.8 Å². The number of hydrogen-bond acceptors (Lipinski definition) is 3. The molecule has 1 aliphatic heterocycles. The van der Waals surface area contributed by atoms with Crippen molar-refractivity contribution in [2.24, 2.45) is 11.3 Å². The minimum absolute atomic E-state index is 0.0185. The second kappa shape index (κ2) is 2.73. The lowest BCUT2D eigenvalue weighted by Crippen LogP contribution is -2.54. The lowest BCUT2D eigenvalue weighted by Gasteiger charge is -2.52. The fraction of sp³-hybridized carbons (Fsp3) is 0.889. The molecule has 1 heterocycles. The van der Waals surface area contributed by atoms with Crippen LogP contribution in [0.25, 0.3) is 0 Å². The fourth-order valence-corrected chi connectivity index (χ4v) is 2.04. The summed E-state index contributed by atoms with van der Waals surface area (Å²) < 4.78 is 10.0. The molecule has 0 bridgehead atoms. The molecule has 0 aromatic heterocycles. The molecule has 0 unspecified atom stereocenters. The van der Waals surface area contributed by atoms with Gasteiger partial charge in [-0.3, -0.25) is 4.79 Å². The van der Waals surface area contributed by atoms with E-state index in [0.29, 0.717) is 12.0 Å². The van der Waals surface area contributed by atoms with Crippen molar-refractivity contribution in [1.29, 1.82) is 0 Å². The van der Waals surface area contributed by atoms with Crippen LogP contribution in [0.4, 0.5) is 0 Å². The van der Waals surface area contributed by atoms with Gasteiger partial charge in [-0.25, -0.2) is 0 Å². The number of ether oxygens (including phenoxy) is 2. The van der Waals surface area contributed by atoms with E-state index in [0.717, 1.165) is 26.1 Å². The third kappa shape index (κ3) is 1.12. The van der Waals surface area contributed by atoms with Crippen molar-refractivity contribution >= 4 is 5.97 Å². The molecular weight excluding hydrogens is 156 g/mol. The van der Waals surface area contributed by atoms with Crippen LogP contribution >= 0.6 is 0 Å². The molecule has 1 saturated heterocycles. The zero-order valence-corrected chi connectivity index (χ0v) is 7.34. The van der Waals surface area contributed by atoms with Gasteiger partial charge in [-0.2, -0.15) is 0 Å². The molecule has 0 aromatic rings. The fourth-order valence-electron chi connectivity index (χ4n) is 2.04. The van der Waals surface area contributed by atoms with Gasteiger partial charge in [0.25, 0.3) is 0 Å². The first-order valence-corrected chi connectivity index (χ1v) is 4.50. The van der Waals surface area contributed by atoms with Crippen molar-refractivity contribution in [2.45, 2.75) is 19.8 Å². The van der Waals surface area contributed by atoms with Crippen LogP contribution in [0, 0.1) is 11.3 Å². The molecule has 1 spiro atoms. The Labute approximate surface area is 72.0 Å². The summed E-state index contributed by atoms with van der Waals surface area (Å²) >= 11 is 0. The Bertz CT molecular complexity index is 188. The first kappa shape index (κ1) is 8.05. The molecule has 1 aliphatic carbocycles. The predicted octanol–water partition coefficient (Wildman–Crippen LogP) is 0.976. The number of hydrogen-bond donors (Lipinski definition) is 0. The second-order valence-electron chi connectivity index (χ2n) is 3.85. The van der Waals surface area contributed by atoms with Gasteiger partial charge in [0.05, 0.1) is 25.7 Å². The number of carbonyl (C=O) groups is 1. The molecule has 2 rings (SSSR count). The van der Waals surface area contributed by atoms with E-state index in [2.05, 4.69) is 0 Å². The average Bonchev–Trinajstić information content (AvgIpc) is 1.81. The van der Waals surface area contributed by atoms with Crippen LogP contribution in [0.3, 0.4) is 0 Å². The molecule has 0 aromatic carbocycles. The summed E-state index contributed by atoms with van der Waals surface area (Å²) in [6, 6.07) is 0. The molecule has 12 heavy (non-hydrogen) atoms. The van der Waals surface area contributed by atoms with Gasteiger partial charge in [-0.15, -0.1) is 0 Å². The van der Waals surface area contributed by atoms with Gasteiger partial charge in [0.2, 0.25) is 0 Å². The van der Waals surface area contributed by atoms with Crippen LogP contribution in [-0.4, -0.2) is 25.8 Å². The SMILES string of the molecule is CCOC(=O)C1CC2(COC2)C1. The lowest BCUT2D eigenvalue weighted by atomic mass is 9.61. The van der Waals surface area contributed by atoms with Crippen molar-refractivity contribution in [2.75, 3.05) is 19.8 Å². The highest BCUT2D eigenvalue weighted by atomic mass is 16.5. The lowest BCUT2D eigenvalue weighted by molar-refractivity contribution is -0.195. The molecule has 3 nitrogen and oxygen atoms in total. The second-order valence-corrected chi connectivity index (χ2v) is 3.85. The highest BCUT2D eigenvalue weighted by molar-refractivity contribution is 5.73. The largest absolute Gasteiger partial charge is 0.466 e. The topological polar surface area (TPSA) is 35.5 Å². The third-order valence-electron chi connectivity index (χ3n) is 2.80. The number of carbonyl (C=O) groups excluding carboxylic acids is 1. The van der Waals surface area contributed by atoms with Crippen LogP contribution in [0.5, 0.6) is 0 Å². The third-order valence-corrected chi connectivity index (χ3v) is 2.80. The van der Waals surface area contributed by atoms with Crippen molar-refractivity contribution in [1.82, 2.24) is 0 Å². The van der Waals surface area contributed by atoms with Crippen molar-refractivity contribution < 1.29 is 14.3 Å². The van der Waals surface area contributed by atoms with E-state index in [-0.39, 0.29) is 11.9 Å². The van der Waals surface area contributed by atoms with E-state index >= 15 is 0 Å². The zero-order valence-electron chi connectivity index (χ0n) is 7.34. The summed E-state index contributed by atoms with van der Waals surface area (Å²) in [4.78, 5) is 11.2. The zero-order chi connectivity index (χ0) is 8.60. The molecule has 3 heteroatoms. The van der Waals surface area contributed by atoms with Gasteiger partial charge in [-0.1, -0.05) is 0 Å². The van der Waals surface area contributed by atoms with Gasteiger partial charge in [-0.05, 0) is 19.8 Å². The first-order chi connectivity index (χ1) is 5.76. The van der Waals surface area contributed by atoms with Crippen molar-refractivity contribution in [3.05, 3.63) is 0 Å².